The number of benzene rings is 2. The van der Waals surface area contributed by atoms with E-state index in [-0.39, 0.29) is 5.91 Å². The van der Waals surface area contributed by atoms with Crippen LogP contribution in [0.15, 0.2) is 36.4 Å². The van der Waals surface area contributed by atoms with Crippen molar-refractivity contribution in [3.8, 4) is 0 Å². The summed E-state index contributed by atoms with van der Waals surface area (Å²) >= 11 is 5.99. The van der Waals surface area contributed by atoms with Crippen molar-refractivity contribution < 1.29 is 4.79 Å². The molecule has 2 nitrogen and oxygen atoms in total. The largest absolute Gasteiger partial charge is 0.322 e. The Kier molecular flexibility index (Phi) is 3.98. The van der Waals surface area contributed by atoms with E-state index in [1.807, 2.05) is 31.2 Å². The van der Waals surface area contributed by atoms with Gasteiger partial charge in [-0.3, -0.25) is 4.79 Å². The van der Waals surface area contributed by atoms with Crippen LogP contribution in [0.4, 0.5) is 5.69 Å². The van der Waals surface area contributed by atoms with Crippen LogP contribution >= 0.6 is 11.6 Å². The highest BCUT2D eigenvalue weighted by Gasteiger charge is 2.13. The number of nitrogens with one attached hydrogen (secondary N) is 1. The third kappa shape index (κ3) is 3.11. The lowest BCUT2D eigenvalue weighted by molar-refractivity contribution is 0.102. The maximum absolute atomic E-state index is 12.4. The topological polar surface area (TPSA) is 29.1 Å². The number of anilines is 1. The first kappa shape index (κ1) is 14.2. The molecule has 0 saturated heterocycles. The Morgan fingerprint density at radius 2 is 1.81 bits per heavy atom. The number of amides is 1. The molecule has 0 unspecified atom stereocenters. The summed E-state index contributed by atoms with van der Waals surface area (Å²) in [5.41, 5.74) is 5.19. The summed E-state index contributed by atoms with van der Waals surface area (Å²) in [4.78, 5) is 12.4. The Morgan fingerprint density at radius 3 is 2.62 bits per heavy atom. The van der Waals surface area contributed by atoms with E-state index in [0.717, 1.165) is 29.7 Å². The van der Waals surface area contributed by atoms with Gasteiger partial charge in [0.2, 0.25) is 0 Å². The molecular formula is C18H18ClNO. The van der Waals surface area contributed by atoms with Crippen molar-refractivity contribution in [2.45, 2.75) is 32.6 Å². The molecule has 0 saturated carbocycles. The summed E-state index contributed by atoms with van der Waals surface area (Å²) in [5.74, 6) is -0.0752. The van der Waals surface area contributed by atoms with Gasteiger partial charge in [0.05, 0.1) is 0 Å². The van der Waals surface area contributed by atoms with Crippen LogP contribution in [0.3, 0.4) is 0 Å². The predicted molar refractivity (Wildman–Crippen MR) is 87.2 cm³/mol. The smallest absolute Gasteiger partial charge is 0.255 e. The van der Waals surface area contributed by atoms with Crippen LogP contribution in [0.1, 0.15) is 39.9 Å². The number of hydrogen-bond acceptors (Lipinski definition) is 1. The van der Waals surface area contributed by atoms with Crippen molar-refractivity contribution in [2.24, 2.45) is 0 Å². The Morgan fingerprint density at radius 1 is 1.05 bits per heavy atom. The maximum Gasteiger partial charge on any atom is 0.255 e. The van der Waals surface area contributed by atoms with Crippen LogP contribution < -0.4 is 5.32 Å². The Bertz CT molecular complexity index is 694. The van der Waals surface area contributed by atoms with Gasteiger partial charge in [-0.1, -0.05) is 23.7 Å². The van der Waals surface area contributed by atoms with Crippen LogP contribution in [0.25, 0.3) is 0 Å². The van der Waals surface area contributed by atoms with Crippen LogP contribution in [-0.2, 0) is 12.8 Å². The molecular weight excluding hydrogens is 282 g/mol. The molecule has 0 spiro atoms. The maximum atomic E-state index is 12.4. The number of fused-ring (bicyclic) bond motifs is 1. The molecule has 1 N–H and O–H groups in total. The second kappa shape index (κ2) is 5.90. The molecule has 0 radical (unpaired) electrons. The second-order valence-corrected chi connectivity index (χ2v) is 6.04. The first-order valence-electron chi connectivity index (χ1n) is 7.33. The molecule has 1 aliphatic rings. The molecule has 0 heterocycles. The normalized spacial score (nSPS) is 13.6. The predicted octanol–water partition coefficient (Wildman–Crippen LogP) is 4.78. The van der Waals surface area contributed by atoms with Gasteiger partial charge in [0.15, 0.2) is 0 Å². The van der Waals surface area contributed by atoms with E-state index in [2.05, 4.69) is 11.4 Å². The van der Waals surface area contributed by atoms with E-state index < -0.39 is 0 Å². The zero-order valence-electron chi connectivity index (χ0n) is 12.1. The number of rotatable bonds is 2. The zero-order valence-corrected chi connectivity index (χ0v) is 12.8. The van der Waals surface area contributed by atoms with E-state index >= 15 is 0 Å². The molecule has 108 valence electrons. The fraction of sp³-hybridized carbons (Fsp3) is 0.278. The van der Waals surface area contributed by atoms with Crippen molar-refractivity contribution in [1.29, 1.82) is 0 Å². The molecule has 0 bridgehead atoms. The average Bonchev–Trinajstić information content (AvgIpc) is 2.50. The van der Waals surface area contributed by atoms with E-state index in [4.69, 9.17) is 11.6 Å². The van der Waals surface area contributed by atoms with Crippen molar-refractivity contribution in [3.63, 3.8) is 0 Å². The van der Waals surface area contributed by atoms with Gasteiger partial charge in [-0.2, -0.15) is 0 Å². The van der Waals surface area contributed by atoms with Crippen LogP contribution in [0.2, 0.25) is 5.02 Å². The van der Waals surface area contributed by atoms with Crippen LogP contribution in [-0.4, -0.2) is 5.91 Å². The Balaban J connectivity index is 1.83. The molecule has 0 aliphatic heterocycles. The van der Waals surface area contributed by atoms with Gasteiger partial charge < -0.3 is 5.32 Å². The van der Waals surface area contributed by atoms with Gasteiger partial charge in [-0.25, -0.2) is 0 Å². The molecule has 1 amide bonds. The average molecular weight is 300 g/mol. The molecule has 21 heavy (non-hydrogen) atoms. The van der Waals surface area contributed by atoms with Gasteiger partial charge in [0.25, 0.3) is 5.91 Å². The summed E-state index contributed by atoms with van der Waals surface area (Å²) in [6.07, 6.45) is 4.67. The molecule has 0 fully saturated rings. The number of carbonyl (C=O) groups is 1. The SMILES string of the molecule is Cc1ccc(Cl)cc1NC(=O)c1ccc2c(c1)CCCC2. The number of hydrogen-bond donors (Lipinski definition) is 1. The highest BCUT2D eigenvalue weighted by Crippen LogP contribution is 2.24. The van der Waals surface area contributed by atoms with Gasteiger partial charge in [-0.15, -0.1) is 0 Å². The summed E-state index contributed by atoms with van der Waals surface area (Å²) in [7, 11) is 0. The minimum absolute atomic E-state index is 0.0752. The minimum Gasteiger partial charge on any atom is -0.322 e. The molecule has 2 aromatic carbocycles. The highest BCUT2D eigenvalue weighted by molar-refractivity contribution is 6.31. The Hall–Kier alpha value is -1.80. The lowest BCUT2D eigenvalue weighted by Crippen LogP contribution is -2.14. The fourth-order valence-corrected chi connectivity index (χ4v) is 2.97. The third-order valence-electron chi connectivity index (χ3n) is 4.06. The molecule has 0 aromatic heterocycles. The lowest BCUT2D eigenvalue weighted by atomic mass is 9.90. The number of halogens is 1. The molecule has 3 rings (SSSR count). The lowest BCUT2D eigenvalue weighted by Gasteiger charge is -2.16. The fourth-order valence-electron chi connectivity index (χ4n) is 2.80. The van der Waals surface area contributed by atoms with E-state index in [1.165, 1.54) is 24.0 Å². The zero-order chi connectivity index (χ0) is 14.8. The Labute approximate surface area is 130 Å². The van der Waals surface area contributed by atoms with E-state index in [9.17, 15) is 4.79 Å². The highest BCUT2D eigenvalue weighted by atomic mass is 35.5. The van der Waals surface area contributed by atoms with Crippen molar-refractivity contribution >= 4 is 23.2 Å². The first-order valence-corrected chi connectivity index (χ1v) is 7.70. The van der Waals surface area contributed by atoms with Crippen molar-refractivity contribution in [1.82, 2.24) is 0 Å². The van der Waals surface area contributed by atoms with E-state index in [0.29, 0.717) is 5.02 Å². The van der Waals surface area contributed by atoms with Gasteiger partial charge >= 0.3 is 0 Å². The van der Waals surface area contributed by atoms with Gasteiger partial charge in [-0.05, 0) is 73.6 Å². The van der Waals surface area contributed by atoms with E-state index in [1.54, 1.807) is 6.07 Å². The quantitative estimate of drug-likeness (QED) is 0.849. The van der Waals surface area contributed by atoms with Gasteiger partial charge in [0, 0.05) is 16.3 Å². The summed E-state index contributed by atoms with van der Waals surface area (Å²) < 4.78 is 0. The monoisotopic (exact) mass is 299 g/mol. The standard InChI is InChI=1S/C18H18ClNO/c1-12-6-9-16(19)11-17(12)20-18(21)15-8-7-13-4-2-3-5-14(13)10-15/h6-11H,2-5H2,1H3,(H,20,21). The minimum atomic E-state index is -0.0752. The first-order chi connectivity index (χ1) is 10.1. The number of carbonyl (C=O) groups excluding carboxylic acids is 1. The molecule has 0 atom stereocenters. The molecule has 3 heteroatoms. The second-order valence-electron chi connectivity index (χ2n) is 5.60. The van der Waals surface area contributed by atoms with Crippen LogP contribution in [0.5, 0.6) is 0 Å². The summed E-state index contributed by atoms with van der Waals surface area (Å²) in [6, 6.07) is 11.6. The molecule has 2 aromatic rings. The van der Waals surface area contributed by atoms with Gasteiger partial charge in [0.1, 0.15) is 0 Å². The third-order valence-corrected chi connectivity index (χ3v) is 4.29. The summed E-state index contributed by atoms with van der Waals surface area (Å²) in [5, 5.41) is 3.58. The van der Waals surface area contributed by atoms with Crippen LogP contribution in [0, 0.1) is 6.92 Å². The molecule has 1 aliphatic carbocycles. The number of aryl methyl sites for hydroxylation is 3. The van der Waals surface area contributed by atoms with Crippen molar-refractivity contribution in [3.05, 3.63) is 63.7 Å². The van der Waals surface area contributed by atoms with Crippen molar-refractivity contribution in [2.75, 3.05) is 5.32 Å². The summed E-state index contributed by atoms with van der Waals surface area (Å²) in [6.45, 7) is 1.96.